The summed E-state index contributed by atoms with van der Waals surface area (Å²) >= 11 is 0. The van der Waals surface area contributed by atoms with Gasteiger partial charge in [-0.2, -0.15) is 0 Å². The SMILES string of the molecule is COC(=O)CC(NC(=O)OCc1ccccc1)C(O)c1cc(F)c(F)cc1F. The molecule has 0 bridgehead atoms. The summed E-state index contributed by atoms with van der Waals surface area (Å²) in [5, 5.41) is 12.6. The van der Waals surface area contributed by atoms with Gasteiger partial charge in [-0.1, -0.05) is 30.3 Å². The van der Waals surface area contributed by atoms with Gasteiger partial charge in [-0.15, -0.1) is 0 Å². The van der Waals surface area contributed by atoms with Crippen molar-refractivity contribution in [2.75, 3.05) is 7.11 Å². The first kappa shape index (κ1) is 21.2. The van der Waals surface area contributed by atoms with Crippen LogP contribution in [0.1, 0.15) is 23.7 Å². The van der Waals surface area contributed by atoms with Gasteiger partial charge in [-0.05, 0) is 11.6 Å². The number of benzene rings is 2. The molecule has 2 aromatic carbocycles. The van der Waals surface area contributed by atoms with Crippen LogP contribution in [0.25, 0.3) is 0 Å². The minimum Gasteiger partial charge on any atom is -0.469 e. The Kier molecular flexibility index (Phi) is 7.39. The van der Waals surface area contributed by atoms with E-state index in [9.17, 15) is 27.9 Å². The first-order chi connectivity index (χ1) is 13.3. The zero-order chi connectivity index (χ0) is 20.7. The van der Waals surface area contributed by atoms with E-state index in [1.165, 1.54) is 0 Å². The molecule has 2 aromatic rings. The molecule has 0 saturated heterocycles. The number of nitrogens with one attached hydrogen (secondary N) is 1. The van der Waals surface area contributed by atoms with Gasteiger partial charge in [-0.25, -0.2) is 18.0 Å². The van der Waals surface area contributed by atoms with Crippen molar-refractivity contribution in [2.24, 2.45) is 0 Å². The Morgan fingerprint density at radius 1 is 1.07 bits per heavy atom. The third kappa shape index (κ3) is 5.71. The third-order valence-electron chi connectivity index (χ3n) is 3.87. The number of methoxy groups -OCH3 is 1. The summed E-state index contributed by atoms with van der Waals surface area (Å²) in [7, 11) is 1.08. The summed E-state index contributed by atoms with van der Waals surface area (Å²) < 4.78 is 49.9. The molecule has 0 spiro atoms. The number of carbonyl (C=O) groups is 2. The minimum atomic E-state index is -1.86. The van der Waals surface area contributed by atoms with Gasteiger partial charge in [0.05, 0.1) is 19.6 Å². The van der Waals surface area contributed by atoms with Crippen LogP contribution in [0.5, 0.6) is 0 Å². The minimum absolute atomic E-state index is 0.0900. The monoisotopic (exact) mass is 397 g/mol. The predicted molar refractivity (Wildman–Crippen MR) is 91.5 cm³/mol. The smallest absolute Gasteiger partial charge is 0.407 e. The van der Waals surface area contributed by atoms with Crippen molar-refractivity contribution in [2.45, 2.75) is 25.2 Å². The van der Waals surface area contributed by atoms with E-state index < -0.39 is 53.6 Å². The maximum absolute atomic E-state index is 13.9. The lowest BCUT2D eigenvalue weighted by Gasteiger charge is -2.23. The molecule has 150 valence electrons. The van der Waals surface area contributed by atoms with Crippen molar-refractivity contribution >= 4 is 12.1 Å². The molecule has 2 atom stereocenters. The molecule has 0 aliphatic rings. The first-order valence-electron chi connectivity index (χ1n) is 8.18. The molecule has 28 heavy (non-hydrogen) atoms. The Morgan fingerprint density at radius 2 is 1.71 bits per heavy atom. The van der Waals surface area contributed by atoms with Crippen molar-refractivity contribution in [1.82, 2.24) is 5.32 Å². The maximum Gasteiger partial charge on any atom is 0.407 e. The molecule has 0 radical (unpaired) electrons. The lowest BCUT2D eigenvalue weighted by atomic mass is 9.99. The Bertz CT molecular complexity index is 832. The average molecular weight is 397 g/mol. The zero-order valence-electron chi connectivity index (χ0n) is 14.8. The topological polar surface area (TPSA) is 84.9 Å². The third-order valence-corrected chi connectivity index (χ3v) is 3.87. The van der Waals surface area contributed by atoms with Crippen molar-refractivity contribution in [3.8, 4) is 0 Å². The van der Waals surface area contributed by atoms with Gasteiger partial charge >= 0.3 is 12.1 Å². The van der Waals surface area contributed by atoms with Gasteiger partial charge in [-0.3, -0.25) is 4.79 Å². The molecule has 0 saturated carbocycles. The van der Waals surface area contributed by atoms with E-state index in [-0.39, 0.29) is 12.7 Å². The molecule has 0 fully saturated rings. The van der Waals surface area contributed by atoms with Crippen LogP contribution >= 0.6 is 0 Å². The molecule has 0 aliphatic heterocycles. The second-order valence-corrected chi connectivity index (χ2v) is 5.83. The van der Waals surface area contributed by atoms with E-state index in [0.29, 0.717) is 11.6 Å². The Labute approximate surface area is 158 Å². The highest BCUT2D eigenvalue weighted by Crippen LogP contribution is 2.25. The van der Waals surface area contributed by atoms with Gasteiger partial charge in [0.15, 0.2) is 11.6 Å². The van der Waals surface area contributed by atoms with Gasteiger partial charge in [0, 0.05) is 11.6 Å². The van der Waals surface area contributed by atoms with Gasteiger partial charge in [0.1, 0.15) is 18.5 Å². The Hall–Kier alpha value is -3.07. The van der Waals surface area contributed by atoms with Crippen molar-refractivity contribution in [1.29, 1.82) is 0 Å². The number of halogens is 3. The van der Waals surface area contributed by atoms with Crippen LogP contribution in [0.4, 0.5) is 18.0 Å². The van der Waals surface area contributed by atoms with E-state index >= 15 is 0 Å². The highest BCUT2D eigenvalue weighted by molar-refractivity contribution is 5.73. The number of esters is 1. The molecule has 0 aliphatic carbocycles. The summed E-state index contributed by atoms with van der Waals surface area (Å²) in [6.45, 7) is -0.0900. The van der Waals surface area contributed by atoms with Crippen LogP contribution in [0.15, 0.2) is 42.5 Å². The van der Waals surface area contributed by atoms with Crippen molar-refractivity contribution in [3.05, 3.63) is 71.0 Å². The second-order valence-electron chi connectivity index (χ2n) is 5.83. The van der Waals surface area contributed by atoms with E-state index in [1.54, 1.807) is 30.3 Å². The summed E-state index contributed by atoms with van der Waals surface area (Å²) in [5.41, 5.74) is 0.0607. The highest BCUT2D eigenvalue weighted by atomic mass is 19.2. The number of hydrogen-bond donors (Lipinski definition) is 2. The number of aliphatic hydroxyl groups excluding tert-OH is 1. The van der Waals surface area contributed by atoms with E-state index in [0.717, 1.165) is 7.11 Å². The zero-order valence-corrected chi connectivity index (χ0v) is 14.8. The number of rotatable bonds is 7. The molecule has 2 N–H and O–H groups in total. The van der Waals surface area contributed by atoms with E-state index in [1.807, 2.05) is 0 Å². The van der Waals surface area contributed by atoms with Crippen LogP contribution in [0.3, 0.4) is 0 Å². The summed E-state index contributed by atoms with van der Waals surface area (Å²) in [6.07, 6.45) is -3.42. The van der Waals surface area contributed by atoms with Crippen LogP contribution in [-0.4, -0.2) is 30.3 Å². The molecule has 6 nitrogen and oxygen atoms in total. The molecule has 1 amide bonds. The summed E-state index contributed by atoms with van der Waals surface area (Å²) in [4.78, 5) is 23.6. The van der Waals surface area contributed by atoms with Crippen LogP contribution < -0.4 is 5.32 Å². The largest absolute Gasteiger partial charge is 0.469 e. The molecule has 9 heteroatoms. The number of carbonyl (C=O) groups excluding carboxylic acids is 2. The fraction of sp³-hybridized carbons (Fsp3) is 0.263. The number of alkyl carbamates (subject to hydrolysis) is 1. The van der Waals surface area contributed by atoms with Gasteiger partial charge < -0.3 is 19.9 Å². The lowest BCUT2D eigenvalue weighted by Crippen LogP contribution is -2.41. The molecule has 2 rings (SSSR count). The normalized spacial score (nSPS) is 12.8. The number of ether oxygens (including phenoxy) is 2. The summed E-state index contributed by atoms with van der Waals surface area (Å²) in [6, 6.07) is 8.00. The average Bonchev–Trinajstić information content (AvgIpc) is 2.68. The van der Waals surface area contributed by atoms with Crippen LogP contribution in [-0.2, 0) is 20.9 Å². The molecular formula is C19H18F3NO5. The van der Waals surface area contributed by atoms with E-state index in [4.69, 9.17) is 4.74 Å². The Balaban J connectivity index is 2.13. The fourth-order valence-corrected chi connectivity index (χ4v) is 2.40. The highest BCUT2D eigenvalue weighted by Gasteiger charge is 2.29. The lowest BCUT2D eigenvalue weighted by molar-refractivity contribution is -0.141. The number of aliphatic hydroxyl groups is 1. The molecule has 2 unspecified atom stereocenters. The standard InChI is InChI=1S/C19H18F3NO5/c1-27-17(24)9-16(18(25)12-7-14(21)15(22)8-13(12)20)23-19(26)28-10-11-5-3-2-4-6-11/h2-8,16,18,25H,9-10H2,1H3,(H,23,26). The molecule has 0 aromatic heterocycles. The van der Waals surface area contributed by atoms with Crippen LogP contribution in [0, 0.1) is 17.5 Å². The van der Waals surface area contributed by atoms with Gasteiger partial charge in [0.25, 0.3) is 0 Å². The summed E-state index contributed by atoms with van der Waals surface area (Å²) in [5.74, 6) is -4.89. The quantitative estimate of drug-likeness (QED) is 0.554. The van der Waals surface area contributed by atoms with Gasteiger partial charge in [0.2, 0.25) is 0 Å². The Morgan fingerprint density at radius 3 is 2.36 bits per heavy atom. The molecule has 0 heterocycles. The predicted octanol–water partition coefficient (Wildman–Crippen LogP) is 3.00. The van der Waals surface area contributed by atoms with Crippen molar-refractivity contribution < 1.29 is 37.3 Å². The first-order valence-corrected chi connectivity index (χ1v) is 8.18. The van der Waals surface area contributed by atoms with Crippen LogP contribution in [0.2, 0.25) is 0 Å². The number of amides is 1. The number of hydrogen-bond acceptors (Lipinski definition) is 5. The fourth-order valence-electron chi connectivity index (χ4n) is 2.40. The van der Waals surface area contributed by atoms with Crippen molar-refractivity contribution in [3.63, 3.8) is 0 Å². The van der Waals surface area contributed by atoms with E-state index in [2.05, 4.69) is 10.1 Å². The second kappa shape index (κ2) is 9.75. The molecular weight excluding hydrogens is 379 g/mol. The maximum atomic E-state index is 13.9.